The number of hydrogen-bond donors (Lipinski definition) is 2. The lowest BCUT2D eigenvalue weighted by Crippen LogP contribution is -2.29. The van der Waals surface area contributed by atoms with Crippen LogP contribution in [0.5, 0.6) is 5.75 Å². The Morgan fingerprint density at radius 2 is 2.06 bits per heavy atom. The zero-order valence-electron chi connectivity index (χ0n) is 8.70. The summed E-state index contributed by atoms with van der Waals surface area (Å²) in [5.74, 6) is 0.505. The summed E-state index contributed by atoms with van der Waals surface area (Å²) in [5.41, 5.74) is 5.94. The first-order valence-electron chi connectivity index (χ1n) is 4.55. The predicted molar refractivity (Wildman–Crippen MR) is 60.7 cm³/mol. The van der Waals surface area contributed by atoms with Gasteiger partial charge in [0.1, 0.15) is 12.4 Å². The van der Waals surface area contributed by atoms with Crippen molar-refractivity contribution in [3.05, 3.63) is 29.8 Å². The highest BCUT2D eigenvalue weighted by atomic mass is 32.2. The lowest BCUT2D eigenvalue weighted by atomic mass is 10.0. The van der Waals surface area contributed by atoms with Crippen molar-refractivity contribution < 1.29 is 19.1 Å². The largest absolute Gasteiger partial charge is 0.386 e. The van der Waals surface area contributed by atoms with Crippen LogP contribution in [0.2, 0.25) is 0 Å². The summed E-state index contributed by atoms with van der Waals surface area (Å²) in [4.78, 5) is 15.3. The fraction of sp³-hybridized carbons (Fsp3) is 0.300. The van der Waals surface area contributed by atoms with Gasteiger partial charge in [-0.05, 0) is 17.7 Å². The van der Waals surface area contributed by atoms with Gasteiger partial charge >= 0.3 is 0 Å². The van der Waals surface area contributed by atoms with Gasteiger partial charge in [0, 0.05) is 18.3 Å². The second-order valence-corrected chi connectivity index (χ2v) is 3.51. The Morgan fingerprint density at radius 3 is 2.56 bits per heavy atom. The molecule has 0 radical (unpaired) electrons. The van der Waals surface area contributed by atoms with Crippen molar-refractivity contribution in [1.82, 2.24) is 0 Å². The average molecular weight is 243 g/mol. The maximum Gasteiger partial charge on any atom is 0.166 e. The summed E-state index contributed by atoms with van der Waals surface area (Å²) in [7, 11) is 0. The molecule has 1 aromatic rings. The van der Waals surface area contributed by atoms with Gasteiger partial charge in [-0.15, -0.1) is 4.33 Å². The normalized spacial score (nSPS) is 14.2. The Morgan fingerprint density at radius 1 is 1.44 bits per heavy atom. The molecule has 1 aromatic carbocycles. The molecule has 1 rings (SSSR count). The molecule has 88 valence electrons. The van der Waals surface area contributed by atoms with Crippen LogP contribution in [0, 0.1) is 0 Å². The molecule has 0 aromatic heterocycles. The summed E-state index contributed by atoms with van der Waals surface area (Å²) in [6.45, 7) is 0. The van der Waals surface area contributed by atoms with Crippen LogP contribution >= 0.6 is 12.0 Å². The number of aliphatic hydroxyl groups excluding tert-OH is 1. The van der Waals surface area contributed by atoms with Gasteiger partial charge in [-0.3, -0.25) is 0 Å². The van der Waals surface area contributed by atoms with Crippen LogP contribution in [0.15, 0.2) is 24.3 Å². The number of aliphatic hydroxyl groups is 1. The van der Waals surface area contributed by atoms with Crippen LogP contribution in [-0.2, 0) is 9.13 Å². The maximum atomic E-state index is 10.4. The first kappa shape index (κ1) is 13.0. The predicted octanol–water partition coefficient (Wildman–Crippen LogP) is 0.835. The third kappa shape index (κ3) is 3.49. The molecule has 5 nitrogen and oxygen atoms in total. The zero-order chi connectivity index (χ0) is 12.0. The maximum absolute atomic E-state index is 10.4. The number of aldehydes is 1. The number of nitrogens with two attached hydrogens (primary N) is 1. The molecule has 0 fully saturated rings. The van der Waals surface area contributed by atoms with Crippen LogP contribution in [0.3, 0.4) is 0 Å². The van der Waals surface area contributed by atoms with Crippen LogP contribution in [0.1, 0.15) is 11.7 Å². The molecule has 0 aliphatic carbocycles. The molecule has 0 aliphatic rings. The second-order valence-electron chi connectivity index (χ2n) is 3.05. The molecule has 0 spiro atoms. The molecular weight excluding hydrogens is 230 g/mol. The lowest BCUT2D eigenvalue weighted by Gasteiger charge is -2.13. The van der Waals surface area contributed by atoms with Crippen LogP contribution in [0.4, 0.5) is 0 Å². The van der Waals surface area contributed by atoms with E-state index < -0.39 is 12.1 Å². The van der Waals surface area contributed by atoms with Gasteiger partial charge in [-0.1, -0.05) is 12.1 Å². The molecule has 0 amide bonds. The quantitative estimate of drug-likeness (QED) is 0.333. The minimum Gasteiger partial charge on any atom is -0.386 e. The standard InChI is InChI=1S/C10H13NO4S/c1-16-15-14-8-4-2-7(3-5-8)10(13)9(11)6-12/h2-6,9-10,13H,11H2,1H3/t9-,10-/m0/s1. The van der Waals surface area contributed by atoms with Crippen molar-refractivity contribution >= 4 is 18.3 Å². The first-order chi connectivity index (χ1) is 7.69. The van der Waals surface area contributed by atoms with Gasteiger partial charge < -0.3 is 20.5 Å². The van der Waals surface area contributed by atoms with E-state index in [0.29, 0.717) is 17.6 Å². The van der Waals surface area contributed by atoms with E-state index >= 15 is 0 Å². The molecule has 3 N–H and O–H groups in total. The minimum absolute atomic E-state index is 0.505. The van der Waals surface area contributed by atoms with E-state index in [9.17, 15) is 9.90 Å². The van der Waals surface area contributed by atoms with Crippen molar-refractivity contribution in [2.75, 3.05) is 6.26 Å². The molecule has 0 aliphatic heterocycles. The van der Waals surface area contributed by atoms with Gasteiger partial charge in [0.15, 0.2) is 5.75 Å². The van der Waals surface area contributed by atoms with Crippen molar-refractivity contribution in [2.45, 2.75) is 12.1 Å². The van der Waals surface area contributed by atoms with E-state index in [-0.39, 0.29) is 0 Å². The smallest absolute Gasteiger partial charge is 0.166 e. The highest BCUT2D eigenvalue weighted by Crippen LogP contribution is 2.19. The van der Waals surface area contributed by atoms with Crippen molar-refractivity contribution in [3.63, 3.8) is 0 Å². The summed E-state index contributed by atoms with van der Waals surface area (Å²) in [5, 5.41) is 9.62. The number of hydrogen-bond acceptors (Lipinski definition) is 6. The van der Waals surface area contributed by atoms with E-state index in [4.69, 9.17) is 10.6 Å². The summed E-state index contributed by atoms with van der Waals surface area (Å²) in [6, 6.07) is 5.55. The average Bonchev–Trinajstić information content (AvgIpc) is 2.35. The Bertz CT molecular complexity index is 330. The van der Waals surface area contributed by atoms with E-state index in [1.165, 1.54) is 0 Å². The highest BCUT2D eigenvalue weighted by molar-refractivity contribution is 7.93. The monoisotopic (exact) mass is 243 g/mol. The fourth-order valence-corrected chi connectivity index (χ4v) is 1.24. The van der Waals surface area contributed by atoms with Gasteiger partial charge in [-0.2, -0.15) is 0 Å². The third-order valence-corrected chi connectivity index (χ3v) is 2.15. The third-order valence-electron chi connectivity index (χ3n) is 1.94. The molecular formula is C10H13NO4S. The summed E-state index contributed by atoms with van der Waals surface area (Å²) >= 11 is 1.08. The summed E-state index contributed by atoms with van der Waals surface area (Å²) in [6.07, 6.45) is 1.22. The number of benzene rings is 1. The summed E-state index contributed by atoms with van der Waals surface area (Å²) < 4.78 is 4.66. The number of rotatable bonds is 6. The van der Waals surface area contributed by atoms with E-state index in [1.54, 1.807) is 30.5 Å². The number of carbonyl (C=O) groups is 1. The molecule has 0 bridgehead atoms. The van der Waals surface area contributed by atoms with Gasteiger partial charge in [0.05, 0.1) is 6.04 Å². The molecule has 0 heterocycles. The Balaban J connectivity index is 2.66. The Kier molecular flexibility index (Phi) is 5.27. The number of carbonyl (C=O) groups excluding carboxylic acids is 1. The van der Waals surface area contributed by atoms with Crippen LogP contribution < -0.4 is 10.6 Å². The minimum atomic E-state index is -1.01. The SMILES string of the molecule is CSOOc1ccc([C@H](O)[C@@H](N)C=O)cc1. The van der Waals surface area contributed by atoms with Crippen LogP contribution in [0.25, 0.3) is 0 Å². The molecule has 16 heavy (non-hydrogen) atoms. The van der Waals surface area contributed by atoms with E-state index in [2.05, 4.69) is 4.33 Å². The Hall–Kier alpha value is -1.08. The molecule has 2 atom stereocenters. The fourth-order valence-electron chi connectivity index (χ4n) is 1.09. The lowest BCUT2D eigenvalue weighted by molar-refractivity contribution is -0.111. The molecule has 0 unspecified atom stereocenters. The topological polar surface area (TPSA) is 81.8 Å². The van der Waals surface area contributed by atoms with E-state index in [1.807, 2.05) is 0 Å². The first-order valence-corrected chi connectivity index (χ1v) is 5.70. The molecule has 0 saturated heterocycles. The van der Waals surface area contributed by atoms with Gasteiger partial charge in [0.25, 0.3) is 0 Å². The molecule has 0 saturated carbocycles. The van der Waals surface area contributed by atoms with E-state index in [0.717, 1.165) is 12.0 Å². The van der Waals surface area contributed by atoms with Crippen LogP contribution in [-0.4, -0.2) is 23.7 Å². The van der Waals surface area contributed by atoms with Gasteiger partial charge in [-0.25, -0.2) is 0 Å². The highest BCUT2D eigenvalue weighted by Gasteiger charge is 2.15. The van der Waals surface area contributed by atoms with Gasteiger partial charge in [0.2, 0.25) is 0 Å². The molecule has 6 heteroatoms. The zero-order valence-corrected chi connectivity index (χ0v) is 9.52. The second kappa shape index (κ2) is 6.49. The Labute approximate surface area is 97.7 Å². The van der Waals surface area contributed by atoms with Crippen molar-refractivity contribution in [2.24, 2.45) is 5.73 Å². The van der Waals surface area contributed by atoms with Crippen molar-refractivity contribution in [3.8, 4) is 5.75 Å². The van der Waals surface area contributed by atoms with Crippen molar-refractivity contribution in [1.29, 1.82) is 0 Å².